The second-order valence-electron chi connectivity index (χ2n) is 3.61. The molecule has 0 heterocycles. The molecule has 0 spiro atoms. The fourth-order valence-electron chi connectivity index (χ4n) is 1.30. The maximum absolute atomic E-state index is 10.6. The van der Waals surface area contributed by atoms with Crippen LogP contribution in [-0.2, 0) is 9.05 Å². The Morgan fingerprint density at radius 2 is 1.94 bits per heavy atom. The van der Waals surface area contributed by atoms with E-state index in [1.165, 1.54) is 0 Å². The molecule has 17 heavy (non-hydrogen) atoms. The first kappa shape index (κ1) is 14.6. The fourth-order valence-corrected chi connectivity index (χ4v) is 2.36. The van der Waals surface area contributed by atoms with E-state index in [0.29, 0.717) is 18.1 Å². The minimum absolute atomic E-state index is 0.0196. The summed E-state index contributed by atoms with van der Waals surface area (Å²) in [6, 6.07) is 7.16. The molecule has 96 valence electrons. The van der Waals surface area contributed by atoms with Crippen LogP contribution in [0.15, 0.2) is 24.3 Å². The van der Waals surface area contributed by atoms with Crippen molar-refractivity contribution < 1.29 is 13.2 Å². The summed E-state index contributed by atoms with van der Waals surface area (Å²) in [6.45, 7) is 0.544. The van der Waals surface area contributed by atoms with Crippen LogP contribution in [0.3, 0.4) is 0 Å². The first-order valence-electron chi connectivity index (χ1n) is 5.28. The molecule has 0 amide bonds. The molecule has 0 aromatic heterocycles. The van der Waals surface area contributed by atoms with Crippen molar-refractivity contribution in [2.24, 2.45) is 0 Å². The molecule has 1 aromatic carbocycles. The summed E-state index contributed by atoms with van der Waals surface area (Å²) in [5, 5.41) is 0.635. The molecular formula is C11H14Cl2O3S. The van der Waals surface area contributed by atoms with Crippen molar-refractivity contribution in [3.05, 3.63) is 29.3 Å². The average Bonchev–Trinajstić information content (AvgIpc) is 2.22. The predicted molar refractivity (Wildman–Crippen MR) is 70.4 cm³/mol. The Labute approximate surface area is 111 Å². The van der Waals surface area contributed by atoms with Crippen LogP contribution < -0.4 is 4.74 Å². The van der Waals surface area contributed by atoms with Crippen LogP contribution in [0.4, 0.5) is 0 Å². The van der Waals surface area contributed by atoms with Gasteiger partial charge in [0, 0.05) is 15.7 Å². The van der Waals surface area contributed by atoms with Crippen LogP contribution in [0.25, 0.3) is 0 Å². The molecule has 6 heteroatoms. The lowest BCUT2D eigenvalue weighted by Crippen LogP contribution is -2.00. The lowest BCUT2D eigenvalue weighted by Gasteiger charge is -2.05. The fraction of sp³-hybridized carbons (Fsp3) is 0.455. The minimum Gasteiger partial charge on any atom is -0.494 e. The molecule has 0 bridgehead atoms. The third-order valence-electron chi connectivity index (χ3n) is 2.10. The standard InChI is InChI=1S/C11H14Cl2O3S/c12-10-5-4-6-11(9-10)16-7-2-1-3-8-17(13,14)15/h4-6,9H,1-3,7-8H2. The smallest absolute Gasteiger partial charge is 0.232 e. The summed E-state index contributed by atoms with van der Waals surface area (Å²) in [6.07, 6.45) is 2.12. The van der Waals surface area contributed by atoms with Gasteiger partial charge in [0.05, 0.1) is 12.4 Å². The SMILES string of the molecule is O=S(=O)(Cl)CCCCCOc1cccc(Cl)c1. The summed E-state index contributed by atoms with van der Waals surface area (Å²) >= 11 is 5.80. The molecule has 0 aliphatic rings. The summed E-state index contributed by atoms with van der Waals surface area (Å²) in [5.41, 5.74) is 0. The second kappa shape index (κ2) is 7.09. The third-order valence-corrected chi connectivity index (χ3v) is 3.57. The minimum atomic E-state index is -3.36. The summed E-state index contributed by atoms with van der Waals surface area (Å²) < 4.78 is 26.7. The van der Waals surface area contributed by atoms with Gasteiger partial charge >= 0.3 is 0 Å². The van der Waals surface area contributed by atoms with Gasteiger partial charge in [-0.05, 0) is 37.5 Å². The summed E-state index contributed by atoms with van der Waals surface area (Å²) in [5.74, 6) is 0.744. The summed E-state index contributed by atoms with van der Waals surface area (Å²) in [4.78, 5) is 0. The van der Waals surface area contributed by atoms with Crippen molar-refractivity contribution in [3.8, 4) is 5.75 Å². The van der Waals surface area contributed by atoms with E-state index in [1.54, 1.807) is 12.1 Å². The zero-order valence-electron chi connectivity index (χ0n) is 9.23. The second-order valence-corrected chi connectivity index (χ2v) is 6.94. The number of rotatable bonds is 7. The number of hydrogen-bond acceptors (Lipinski definition) is 3. The molecule has 0 saturated carbocycles. The highest BCUT2D eigenvalue weighted by Gasteiger charge is 2.03. The first-order valence-corrected chi connectivity index (χ1v) is 8.14. The predicted octanol–water partition coefficient (Wildman–Crippen LogP) is 3.46. The van der Waals surface area contributed by atoms with Crippen molar-refractivity contribution in [3.63, 3.8) is 0 Å². The number of benzene rings is 1. The molecule has 0 aliphatic carbocycles. The van der Waals surface area contributed by atoms with E-state index in [-0.39, 0.29) is 5.75 Å². The number of unbranched alkanes of at least 4 members (excludes halogenated alkanes) is 2. The van der Waals surface area contributed by atoms with Crippen LogP contribution in [0.2, 0.25) is 5.02 Å². The van der Waals surface area contributed by atoms with Crippen LogP contribution in [-0.4, -0.2) is 20.8 Å². The van der Waals surface area contributed by atoms with Gasteiger partial charge in [-0.2, -0.15) is 0 Å². The lowest BCUT2D eigenvalue weighted by atomic mass is 10.3. The van der Waals surface area contributed by atoms with Gasteiger partial charge in [-0.3, -0.25) is 0 Å². The quantitative estimate of drug-likeness (QED) is 0.572. The Balaban J connectivity index is 2.13. The molecule has 1 rings (SSSR count). The molecule has 0 unspecified atom stereocenters. The Morgan fingerprint density at radius 3 is 2.59 bits per heavy atom. The average molecular weight is 297 g/mol. The van der Waals surface area contributed by atoms with Crippen molar-refractivity contribution in [2.45, 2.75) is 19.3 Å². The van der Waals surface area contributed by atoms with Gasteiger partial charge in [-0.1, -0.05) is 17.7 Å². The third kappa shape index (κ3) is 7.47. The highest BCUT2D eigenvalue weighted by atomic mass is 35.7. The lowest BCUT2D eigenvalue weighted by molar-refractivity contribution is 0.306. The zero-order chi connectivity index (χ0) is 12.7. The van der Waals surface area contributed by atoms with Crippen molar-refractivity contribution in [1.82, 2.24) is 0 Å². The maximum Gasteiger partial charge on any atom is 0.232 e. The van der Waals surface area contributed by atoms with Crippen LogP contribution in [0.5, 0.6) is 5.75 Å². The van der Waals surface area contributed by atoms with Crippen LogP contribution >= 0.6 is 22.3 Å². The van der Waals surface area contributed by atoms with Crippen LogP contribution in [0, 0.1) is 0 Å². The van der Waals surface area contributed by atoms with E-state index in [1.807, 2.05) is 12.1 Å². The highest BCUT2D eigenvalue weighted by Crippen LogP contribution is 2.17. The monoisotopic (exact) mass is 296 g/mol. The van der Waals surface area contributed by atoms with Gasteiger partial charge in [0.15, 0.2) is 0 Å². The Morgan fingerprint density at radius 1 is 1.18 bits per heavy atom. The topological polar surface area (TPSA) is 43.4 Å². The van der Waals surface area contributed by atoms with E-state index in [0.717, 1.165) is 18.6 Å². The van der Waals surface area contributed by atoms with Gasteiger partial charge in [0.25, 0.3) is 0 Å². The molecule has 0 atom stereocenters. The molecule has 0 N–H and O–H groups in total. The Hall–Kier alpha value is -0.450. The molecule has 0 fully saturated rings. The van der Waals surface area contributed by atoms with Gasteiger partial charge in [-0.25, -0.2) is 8.42 Å². The van der Waals surface area contributed by atoms with E-state index in [2.05, 4.69) is 0 Å². The first-order chi connectivity index (χ1) is 7.97. The van der Waals surface area contributed by atoms with Crippen molar-refractivity contribution in [2.75, 3.05) is 12.4 Å². The molecule has 0 aliphatic heterocycles. The van der Waals surface area contributed by atoms with Gasteiger partial charge < -0.3 is 4.74 Å². The van der Waals surface area contributed by atoms with Gasteiger partial charge in [0.1, 0.15) is 5.75 Å². The number of ether oxygens (including phenoxy) is 1. The highest BCUT2D eigenvalue weighted by molar-refractivity contribution is 8.13. The van der Waals surface area contributed by atoms with Crippen LogP contribution in [0.1, 0.15) is 19.3 Å². The number of hydrogen-bond donors (Lipinski definition) is 0. The van der Waals surface area contributed by atoms with Crippen molar-refractivity contribution >= 4 is 31.3 Å². The number of halogens is 2. The largest absolute Gasteiger partial charge is 0.494 e. The Bertz CT molecular complexity index is 446. The zero-order valence-corrected chi connectivity index (χ0v) is 11.6. The van der Waals surface area contributed by atoms with Crippen molar-refractivity contribution in [1.29, 1.82) is 0 Å². The van der Waals surface area contributed by atoms with E-state index < -0.39 is 9.05 Å². The van der Waals surface area contributed by atoms with E-state index >= 15 is 0 Å². The normalized spacial score (nSPS) is 11.4. The molecule has 1 aromatic rings. The molecular weight excluding hydrogens is 283 g/mol. The molecule has 3 nitrogen and oxygen atoms in total. The summed E-state index contributed by atoms with van der Waals surface area (Å²) in [7, 11) is 1.73. The molecule has 0 radical (unpaired) electrons. The van der Waals surface area contributed by atoms with Gasteiger partial charge in [0.2, 0.25) is 9.05 Å². The van der Waals surface area contributed by atoms with E-state index in [9.17, 15) is 8.42 Å². The molecule has 0 saturated heterocycles. The van der Waals surface area contributed by atoms with Gasteiger partial charge in [-0.15, -0.1) is 0 Å². The maximum atomic E-state index is 10.6. The Kier molecular flexibility index (Phi) is 6.09. The van der Waals surface area contributed by atoms with E-state index in [4.69, 9.17) is 27.0 Å².